The van der Waals surface area contributed by atoms with E-state index >= 15 is 0 Å². The molecule has 0 fully saturated rings. The van der Waals surface area contributed by atoms with E-state index in [1.54, 1.807) is 24.3 Å². The fourth-order valence-electron chi connectivity index (χ4n) is 3.40. The molecular formula is C24H19F3O3S. The number of benzene rings is 2. The second-order valence-electron chi connectivity index (χ2n) is 7.10. The third kappa shape index (κ3) is 4.66. The molecule has 0 bridgehead atoms. The predicted octanol–water partition coefficient (Wildman–Crippen LogP) is 6.55. The zero-order valence-corrected chi connectivity index (χ0v) is 17.5. The minimum Gasteiger partial charge on any atom is -0.488 e. The van der Waals surface area contributed by atoms with Crippen molar-refractivity contribution in [2.24, 2.45) is 0 Å². The van der Waals surface area contributed by atoms with E-state index in [-0.39, 0.29) is 6.61 Å². The standard InChI is InChI=1S/C24H19F3O3S/c1-2-23-21(16-4-3-5-18(9-16)24(25,26)27)11-20(31-23)14-29-19-7-6-17-8-15(12-28)13-30-22(17)10-19/h3-12H,2,13-14H2,1H3. The maximum absolute atomic E-state index is 13.1. The summed E-state index contributed by atoms with van der Waals surface area (Å²) in [6.45, 7) is 2.51. The van der Waals surface area contributed by atoms with Gasteiger partial charge in [0.25, 0.3) is 0 Å². The summed E-state index contributed by atoms with van der Waals surface area (Å²) in [5.74, 6) is 1.27. The molecule has 2 heterocycles. The summed E-state index contributed by atoms with van der Waals surface area (Å²) < 4.78 is 50.8. The molecule has 1 aromatic heterocycles. The van der Waals surface area contributed by atoms with Crippen LogP contribution in [-0.4, -0.2) is 12.9 Å². The average molecular weight is 444 g/mol. The lowest BCUT2D eigenvalue weighted by atomic mass is 10.0. The van der Waals surface area contributed by atoms with E-state index in [1.807, 2.05) is 19.1 Å². The van der Waals surface area contributed by atoms with Crippen molar-refractivity contribution < 1.29 is 27.4 Å². The van der Waals surface area contributed by atoms with Crippen molar-refractivity contribution >= 4 is 23.7 Å². The molecule has 7 heteroatoms. The van der Waals surface area contributed by atoms with Gasteiger partial charge in [0.05, 0.1) is 5.56 Å². The molecule has 2 aromatic carbocycles. The zero-order chi connectivity index (χ0) is 22.0. The Labute approximate surface area is 181 Å². The SMILES string of the molecule is CCc1sc(COc2ccc3c(c2)OCC(C=O)=C3)cc1-c1cccc(C(F)(F)F)c1. The molecule has 160 valence electrons. The van der Waals surface area contributed by atoms with Gasteiger partial charge in [-0.15, -0.1) is 11.3 Å². The van der Waals surface area contributed by atoms with E-state index in [0.29, 0.717) is 35.7 Å². The zero-order valence-electron chi connectivity index (χ0n) is 16.7. The van der Waals surface area contributed by atoms with Crippen LogP contribution in [0.15, 0.2) is 54.1 Å². The van der Waals surface area contributed by atoms with Crippen LogP contribution >= 0.6 is 11.3 Å². The molecule has 0 aliphatic carbocycles. The van der Waals surface area contributed by atoms with Gasteiger partial charge in [-0.3, -0.25) is 4.79 Å². The Morgan fingerprint density at radius 3 is 2.74 bits per heavy atom. The van der Waals surface area contributed by atoms with Crippen LogP contribution < -0.4 is 9.47 Å². The molecule has 1 aliphatic rings. The molecule has 0 amide bonds. The summed E-state index contributed by atoms with van der Waals surface area (Å²) in [4.78, 5) is 12.8. The summed E-state index contributed by atoms with van der Waals surface area (Å²) in [5.41, 5.74) is 2.09. The highest BCUT2D eigenvalue weighted by Gasteiger charge is 2.30. The van der Waals surface area contributed by atoms with Crippen LogP contribution in [0.3, 0.4) is 0 Å². The van der Waals surface area contributed by atoms with Gasteiger partial charge in [-0.2, -0.15) is 13.2 Å². The first-order valence-corrected chi connectivity index (χ1v) is 10.5. The van der Waals surface area contributed by atoms with Gasteiger partial charge in [0, 0.05) is 27.0 Å². The van der Waals surface area contributed by atoms with Gasteiger partial charge in [-0.25, -0.2) is 0 Å². The van der Waals surface area contributed by atoms with E-state index < -0.39 is 11.7 Å². The van der Waals surface area contributed by atoms with E-state index in [9.17, 15) is 18.0 Å². The molecule has 31 heavy (non-hydrogen) atoms. The summed E-state index contributed by atoms with van der Waals surface area (Å²) in [6.07, 6.45) is -1.10. The number of carbonyl (C=O) groups excluding carboxylic acids is 1. The van der Waals surface area contributed by atoms with E-state index in [4.69, 9.17) is 9.47 Å². The van der Waals surface area contributed by atoms with Gasteiger partial charge in [0.2, 0.25) is 0 Å². The van der Waals surface area contributed by atoms with Gasteiger partial charge in [0.1, 0.15) is 31.0 Å². The number of fused-ring (bicyclic) bond motifs is 1. The Morgan fingerprint density at radius 1 is 1.16 bits per heavy atom. The average Bonchev–Trinajstić information content (AvgIpc) is 3.20. The van der Waals surface area contributed by atoms with Crippen molar-refractivity contribution in [1.29, 1.82) is 0 Å². The number of rotatable bonds is 6. The van der Waals surface area contributed by atoms with Crippen molar-refractivity contribution in [1.82, 2.24) is 0 Å². The van der Waals surface area contributed by atoms with Crippen molar-refractivity contribution in [3.05, 3.63) is 75.0 Å². The molecule has 1 aliphatic heterocycles. The van der Waals surface area contributed by atoms with Gasteiger partial charge >= 0.3 is 6.18 Å². The molecule has 3 nitrogen and oxygen atoms in total. The number of alkyl halides is 3. The Balaban J connectivity index is 1.53. The topological polar surface area (TPSA) is 35.5 Å². The molecule has 0 saturated carbocycles. The van der Waals surface area contributed by atoms with Crippen molar-refractivity contribution in [2.75, 3.05) is 6.61 Å². The maximum Gasteiger partial charge on any atom is 0.416 e. The summed E-state index contributed by atoms with van der Waals surface area (Å²) in [7, 11) is 0. The second-order valence-corrected chi connectivity index (χ2v) is 8.32. The van der Waals surface area contributed by atoms with Gasteiger partial charge in [0.15, 0.2) is 0 Å². The van der Waals surface area contributed by atoms with Crippen molar-refractivity contribution in [2.45, 2.75) is 26.1 Å². The van der Waals surface area contributed by atoms with Crippen LogP contribution in [0, 0.1) is 0 Å². The number of thiophene rings is 1. The van der Waals surface area contributed by atoms with Crippen LogP contribution in [-0.2, 0) is 24.0 Å². The third-order valence-corrected chi connectivity index (χ3v) is 6.19. The molecule has 0 spiro atoms. The van der Waals surface area contributed by atoms with Gasteiger partial charge in [-0.1, -0.05) is 19.1 Å². The van der Waals surface area contributed by atoms with Crippen LogP contribution in [0.4, 0.5) is 13.2 Å². The van der Waals surface area contributed by atoms with Crippen LogP contribution in [0.5, 0.6) is 11.5 Å². The number of carbonyl (C=O) groups is 1. The van der Waals surface area contributed by atoms with Crippen LogP contribution in [0.1, 0.15) is 27.8 Å². The Morgan fingerprint density at radius 2 is 2.00 bits per heavy atom. The Hall–Kier alpha value is -3.06. The Kier molecular flexibility index (Phi) is 5.87. The summed E-state index contributed by atoms with van der Waals surface area (Å²) in [5, 5.41) is 0. The van der Waals surface area contributed by atoms with E-state index in [0.717, 1.165) is 33.2 Å². The first-order valence-electron chi connectivity index (χ1n) is 9.72. The number of halogens is 3. The smallest absolute Gasteiger partial charge is 0.416 e. The quantitative estimate of drug-likeness (QED) is 0.405. The number of aldehydes is 1. The number of ether oxygens (including phenoxy) is 2. The molecule has 0 unspecified atom stereocenters. The minimum absolute atomic E-state index is 0.227. The summed E-state index contributed by atoms with van der Waals surface area (Å²) >= 11 is 1.53. The molecule has 4 rings (SSSR count). The number of hydrogen-bond donors (Lipinski definition) is 0. The molecule has 0 N–H and O–H groups in total. The monoisotopic (exact) mass is 444 g/mol. The third-order valence-electron chi connectivity index (χ3n) is 4.93. The van der Waals surface area contributed by atoms with Crippen molar-refractivity contribution in [3.8, 4) is 22.6 Å². The lowest BCUT2D eigenvalue weighted by Gasteiger charge is -2.16. The second kappa shape index (κ2) is 8.59. The molecule has 0 radical (unpaired) electrons. The van der Waals surface area contributed by atoms with E-state index in [1.165, 1.54) is 23.5 Å². The number of hydrogen-bond acceptors (Lipinski definition) is 4. The normalized spacial score (nSPS) is 13.2. The highest BCUT2D eigenvalue weighted by atomic mass is 32.1. The van der Waals surface area contributed by atoms with Crippen LogP contribution in [0.25, 0.3) is 17.2 Å². The summed E-state index contributed by atoms with van der Waals surface area (Å²) in [6, 6.07) is 12.7. The minimum atomic E-state index is -4.37. The number of aryl methyl sites for hydroxylation is 1. The largest absolute Gasteiger partial charge is 0.488 e. The first kappa shape index (κ1) is 21.2. The molecule has 3 aromatic rings. The van der Waals surface area contributed by atoms with Crippen LogP contribution in [0.2, 0.25) is 0 Å². The molecular weight excluding hydrogens is 425 g/mol. The predicted molar refractivity (Wildman–Crippen MR) is 114 cm³/mol. The fraction of sp³-hybridized carbons (Fsp3) is 0.208. The molecule has 0 saturated heterocycles. The lowest BCUT2D eigenvalue weighted by Crippen LogP contribution is -2.08. The maximum atomic E-state index is 13.1. The van der Waals surface area contributed by atoms with Crippen molar-refractivity contribution in [3.63, 3.8) is 0 Å². The first-order chi connectivity index (χ1) is 14.9. The van der Waals surface area contributed by atoms with E-state index in [2.05, 4.69) is 0 Å². The molecule has 0 atom stereocenters. The highest BCUT2D eigenvalue weighted by Crippen LogP contribution is 2.37. The fourth-order valence-corrected chi connectivity index (χ4v) is 4.44. The highest BCUT2D eigenvalue weighted by molar-refractivity contribution is 7.12. The Bertz CT molecular complexity index is 1150. The lowest BCUT2D eigenvalue weighted by molar-refractivity contribution is -0.137. The van der Waals surface area contributed by atoms with Gasteiger partial charge in [-0.05, 0) is 54.0 Å². The van der Waals surface area contributed by atoms with Gasteiger partial charge < -0.3 is 9.47 Å².